The van der Waals surface area contributed by atoms with Crippen LogP contribution in [0.1, 0.15) is 0 Å². The van der Waals surface area contributed by atoms with Crippen LogP contribution in [0.15, 0.2) is 42.7 Å². The summed E-state index contributed by atoms with van der Waals surface area (Å²) in [7, 11) is 3.26. The first-order valence-corrected chi connectivity index (χ1v) is 5.84. The van der Waals surface area contributed by atoms with Gasteiger partial charge in [0, 0.05) is 24.0 Å². The van der Waals surface area contributed by atoms with Crippen LogP contribution in [0.5, 0.6) is 11.5 Å². The first kappa shape index (κ1) is 11.5. The van der Waals surface area contributed by atoms with Crippen LogP contribution in [0.25, 0.3) is 16.9 Å². The molecule has 0 fully saturated rings. The Kier molecular flexibility index (Phi) is 2.79. The summed E-state index contributed by atoms with van der Waals surface area (Å²) < 4.78 is 12.3. The van der Waals surface area contributed by atoms with Crippen molar-refractivity contribution < 1.29 is 9.47 Å². The first-order valence-electron chi connectivity index (χ1n) is 5.84. The van der Waals surface area contributed by atoms with E-state index in [1.807, 2.05) is 36.5 Å². The summed E-state index contributed by atoms with van der Waals surface area (Å²) in [6.45, 7) is 0. The van der Waals surface area contributed by atoms with E-state index < -0.39 is 0 Å². The highest BCUT2D eigenvalue weighted by Gasteiger charge is 2.09. The van der Waals surface area contributed by atoms with Gasteiger partial charge in [-0.2, -0.15) is 5.10 Å². The number of rotatable bonds is 3. The summed E-state index contributed by atoms with van der Waals surface area (Å²) in [5, 5.41) is 4.50. The van der Waals surface area contributed by atoms with Crippen LogP contribution in [-0.4, -0.2) is 28.8 Å². The zero-order chi connectivity index (χ0) is 13.2. The van der Waals surface area contributed by atoms with E-state index in [0.717, 1.165) is 28.4 Å². The zero-order valence-electron chi connectivity index (χ0n) is 10.7. The summed E-state index contributed by atoms with van der Waals surface area (Å²) in [6, 6.07) is 9.51. The van der Waals surface area contributed by atoms with Gasteiger partial charge in [-0.1, -0.05) is 0 Å². The largest absolute Gasteiger partial charge is 0.497 e. The van der Waals surface area contributed by atoms with Crippen LogP contribution < -0.4 is 9.47 Å². The molecule has 0 bridgehead atoms. The van der Waals surface area contributed by atoms with Crippen molar-refractivity contribution in [2.75, 3.05) is 14.2 Å². The van der Waals surface area contributed by atoms with Crippen molar-refractivity contribution in [2.24, 2.45) is 0 Å². The number of benzene rings is 1. The van der Waals surface area contributed by atoms with Gasteiger partial charge in [-0.15, -0.1) is 0 Å². The third-order valence-corrected chi connectivity index (χ3v) is 2.94. The topological polar surface area (TPSA) is 48.7 Å². The second-order valence-corrected chi connectivity index (χ2v) is 4.01. The number of hydrogen-bond donors (Lipinski definition) is 0. The Labute approximate surface area is 110 Å². The minimum atomic E-state index is 0.728. The fourth-order valence-corrected chi connectivity index (χ4v) is 1.97. The van der Waals surface area contributed by atoms with Crippen molar-refractivity contribution in [1.29, 1.82) is 0 Å². The predicted molar refractivity (Wildman–Crippen MR) is 71.5 cm³/mol. The Morgan fingerprint density at radius 2 is 1.95 bits per heavy atom. The lowest BCUT2D eigenvalue weighted by molar-refractivity contribution is 0.395. The van der Waals surface area contributed by atoms with E-state index in [1.165, 1.54) is 0 Å². The molecule has 1 aromatic carbocycles. The molecule has 0 aliphatic rings. The van der Waals surface area contributed by atoms with Crippen molar-refractivity contribution in [2.45, 2.75) is 0 Å². The number of imidazole rings is 1. The van der Waals surface area contributed by atoms with E-state index in [-0.39, 0.29) is 0 Å². The molecular weight excluding hydrogens is 242 g/mol. The lowest BCUT2D eigenvalue weighted by Gasteiger charge is -2.10. The van der Waals surface area contributed by atoms with E-state index in [9.17, 15) is 0 Å². The van der Waals surface area contributed by atoms with Gasteiger partial charge in [0.25, 0.3) is 0 Å². The summed E-state index contributed by atoms with van der Waals surface area (Å²) in [4.78, 5) is 4.17. The van der Waals surface area contributed by atoms with Crippen molar-refractivity contribution in [1.82, 2.24) is 14.6 Å². The van der Waals surface area contributed by atoms with Crippen LogP contribution in [0, 0.1) is 0 Å². The molecule has 0 amide bonds. The highest BCUT2D eigenvalue weighted by molar-refractivity contribution is 5.69. The SMILES string of the molecule is COc1ccc(-c2ccc3nccn3n2)c(OC)c1. The van der Waals surface area contributed by atoms with E-state index in [1.54, 1.807) is 24.9 Å². The van der Waals surface area contributed by atoms with Gasteiger partial charge < -0.3 is 9.47 Å². The smallest absolute Gasteiger partial charge is 0.153 e. The Bertz CT molecular complexity index is 722. The maximum absolute atomic E-state index is 5.39. The van der Waals surface area contributed by atoms with Gasteiger partial charge in [-0.05, 0) is 24.3 Å². The highest BCUT2D eigenvalue weighted by Crippen LogP contribution is 2.31. The third-order valence-electron chi connectivity index (χ3n) is 2.94. The predicted octanol–water partition coefficient (Wildman–Crippen LogP) is 2.41. The van der Waals surface area contributed by atoms with E-state index in [0.29, 0.717) is 0 Å². The molecule has 0 aliphatic heterocycles. The van der Waals surface area contributed by atoms with Crippen LogP contribution in [0.3, 0.4) is 0 Å². The molecule has 96 valence electrons. The molecule has 0 spiro atoms. The number of ether oxygens (including phenoxy) is 2. The van der Waals surface area contributed by atoms with Crippen LogP contribution >= 0.6 is 0 Å². The Hall–Kier alpha value is -2.56. The minimum Gasteiger partial charge on any atom is -0.497 e. The van der Waals surface area contributed by atoms with Crippen LogP contribution in [0.4, 0.5) is 0 Å². The number of nitrogens with zero attached hydrogens (tertiary/aromatic N) is 3. The molecule has 0 radical (unpaired) electrons. The molecule has 5 nitrogen and oxygen atoms in total. The molecule has 0 N–H and O–H groups in total. The van der Waals surface area contributed by atoms with Gasteiger partial charge in [0.05, 0.1) is 19.9 Å². The molecule has 0 unspecified atom stereocenters. The average Bonchev–Trinajstić information content (AvgIpc) is 2.93. The third kappa shape index (κ3) is 1.99. The average molecular weight is 255 g/mol. The number of methoxy groups -OCH3 is 2. The molecule has 2 heterocycles. The fourth-order valence-electron chi connectivity index (χ4n) is 1.97. The van der Waals surface area contributed by atoms with Gasteiger partial charge in [0.2, 0.25) is 0 Å². The van der Waals surface area contributed by atoms with Gasteiger partial charge in [0.15, 0.2) is 5.65 Å². The van der Waals surface area contributed by atoms with Gasteiger partial charge >= 0.3 is 0 Å². The van der Waals surface area contributed by atoms with Crippen molar-refractivity contribution in [3.05, 3.63) is 42.7 Å². The molecule has 2 aromatic heterocycles. The molecule has 19 heavy (non-hydrogen) atoms. The Morgan fingerprint density at radius 3 is 2.74 bits per heavy atom. The summed E-state index contributed by atoms with van der Waals surface area (Å²) in [5.41, 5.74) is 2.56. The Morgan fingerprint density at radius 1 is 1.05 bits per heavy atom. The highest BCUT2D eigenvalue weighted by atomic mass is 16.5. The molecule has 5 heteroatoms. The summed E-state index contributed by atoms with van der Waals surface area (Å²) in [5.74, 6) is 1.48. The van der Waals surface area contributed by atoms with Crippen molar-refractivity contribution in [3.8, 4) is 22.8 Å². The van der Waals surface area contributed by atoms with E-state index >= 15 is 0 Å². The van der Waals surface area contributed by atoms with Gasteiger partial charge in [-0.25, -0.2) is 9.50 Å². The maximum atomic E-state index is 5.39. The molecular formula is C14H13N3O2. The number of hydrogen-bond acceptors (Lipinski definition) is 4. The molecule has 0 aliphatic carbocycles. The summed E-state index contributed by atoms with van der Waals surface area (Å²) in [6.07, 6.45) is 3.53. The van der Waals surface area contributed by atoms with Crippen LogP contribution in [0.2, 0.25) is 0 Å². The van der Waals surface area contributed by atoms with Crippen LogP contribution in [-0.2, 0) is 0 Å². The lowest BCUT2D eigenvalue weighted by atomic mass is 10.1. The quantitative estimate of drug-likeness (QED) is 0.721. The monoisotopic (exact) mass is 255 g/mol. The number of fused-ring (bicyclic) bond motifs is 1. The summed E-state index contributed by atoms with van der Waals surface area (Å²) >= 11 is 0. The van der Waals surface area contributed by atoms with Gasteiger partial charge in [-0.3, -0.25) is 0 Å². The molecule has 0 atom stereocenters. The molecule has 0 saturated heterocycles. The minimum absolute atomic E-state index is 0.728. The van der Waals surface area contributed by atoms with Crippen molar-refractivity contribution >= 4 is 5.65 Å². The second-order valence-electron chi connectivity index (χ2n) is 4.01. The second kappa shape index (κ2) is 4.61. The first-order chi connectivity index (χ1) is 9.31. The fraction of sp³-hybridized carbons (Fsp3) is 0.143. The normalized spacial score (nSPS) is 10.6. The number of aromatic nitrogens is 3. The molecule has 3 aromatic rings. The standard InChI is InChI=1S/C14H13N3O2/c1-18-10-3-4-11(13(9-10)19-2)12-5-6-14-15-7-8-17(14)16-12/h3-9H,1-2H3. The zero-order valence-corrected chi connectivity index (χ0v) is 10.7. The molecule has 3 rings (SSSR count). The maximum Gasteiger partial charge on any atom is 0.153 e. The Balaban J connectivity index is 2.14. The van der Waals surface area contributed by atoms with Crippen molar-refractivity contribution in [3.63, 3.8) is 0 Å². The van der Waals surface area contributed by atoms with Gasteiger partial charge in [0.1, 0.15) is 11.5 Å². The van der Waals surface area contributed by atoms with E-state index in [2.05, 4.69) is 10.1 Å². The van der Waals surface area contributed by atoms with E-state index in [4.69, 9.17) is 9.47 Å². The lowest BCUT2D eigenvalue weighted by Crippen LogP contribution is -1.96. The molecule has 0 saturated carbocycles.